The van der Waals surface area contributed by atoms with Crippen LogP contribution in [-0.4, -0.2) is 44.6 Å². The summed E-state index contributed by atoms with van der Waals surface area (Å²) in [5.74, 6) is -0.0290. The number of likely N-dealkylation sites (tertiary alicyclic amines) is 1. The number of hydrogen-bond acceptors (Lipinski definition) is 5. The highest BCUT2D eigenvalue weighted by molar-refractivity contribution is 5.94. The van der Waals surface area contributed by atoms with E-state index in [0.29, 0.717) is 12.2 Å². The number of rotatable bonds is 5. The molecule has 1 N–H and O–H groups in total. The van der Waals surface area contributed by atoms with Gasteiger partial charge in [0, 0.05) is 42.2 Å². The number of nitro benzene ring substituents is 1. The van der Waals surface area contributed by atoms with Crippen LogP contribution in [0.15, 0.2) is 54.7 Å². The highest BCUT2D eigenvalue weighted by Crippen LogP contribution is 2.21. The topological polar surface area (TPSA) is 93.3 Å². The van der Waals surface area contributed by atoms with E-state index in [1.807, 2.05) is 35.0 Å². The quantitative estimate of drug-likeness (QED) is 0.543. The summed E-state index contributed by atoms with van der Waals surface area (Å²) in [5, 5.41) is 19.2. The minimum absolute atomic E-state index is 0.0290. The number of hydrogen-bond donors (Lipinski definition) is 1. The average Bonchev–Trinajstić information content (AvgIpc) is 3.12. The fraction of sp³-hybridized carbons (Fsp3) is 0.300. The van der Waals surface area contributed by atoms with Crippen LogP contribution in [0.2, 0.25) is 0 Å². The summed E-state index contributed by atoms with van der Waals surface area (Å²) in [7, 11) is 0. The van der Waals surface area contributed by atoms with Crippen LogP contribution in [0.1, 0.15) is 23.2 Å². The van der Waals surface area contributed by atoms with Crippen LogP contribution >= 0.6 is 0 Å². The van der Waals surface area contributed by atoms with E-state index in [1.54, 1.807) is 18.3 Å². The summed E-state index contributed by atoms with van der Waals surface area (Å²) in [6.45, 7) is 2.34. The molecule has 144 valence electrons. The summed E-state index contributed by atoms with van der Waals surface area (Å²) in [4.78, 5) is 25.1. The van der Waals surface area contributed by atoms with Gasteiger partial charge in [-0.1, -0.05) is 18.2 Å². The van der Waals surface area contributed by atoms with Gasteiger partial charge < -0.3 is 5.32 Å². The molecule has 0 spiro atoms. The average molecular weight is 379 g/mol. The Hall–Kier alpha value is -3.26. The fourth-order valence-corrected chi connectivity index (χ4v) is 3.57. The molecule has 0 unspecified atom stereocenters. The van der Waals surface area contributed by atoms with Crippen LogP contribution in [0, 0.1) is 10.1 Å². The number of piperidine rings is 1. The van der Waals surface area contributed by atoms with Crippen molar-refractivity contribution in [2.75, 3.05) is 13.1 Å². The molecule has 8 heteroatoms. The molecule has 0 bridgehead atoms. The molecule has 1 amide bonds. The number of non-ortho nitro benzene ring substituents is 1. The maximum Gasteiger partial charge on any atom is 0.270 e. The Labute approximate surface area is 161 Å². The Bertz CT molecular complexity index is 994. The summed E-state index contributed by atoms with van der Waals surface area (Å²) in [6.07, 6.45) is 3.42. The van der Waals surface area contributed by atoms with Crippen LogP contribution in [0.25, 0.3) is 10.9 Å². The molecule has 8 nitrogen and oxygen atoms in total. The lowest BCUT2D eigenvalue weighted by atomic mass is 10.0. The first-order valence-electron chi connectivity index (χ1n) is 9.28. The first-order chi connectivity index (χ1) is 13.6. The molecule has 3 aromatic rings. The van der Waals surface area contributed by atoms with Crippen molar-refractivity contribution < 1.29 is 9.72 Å². The maximum atomic E-state index is 12.3. The van der Waals surface area contributed by atoms with Gasteiger partial charge in [-0.05, 0) is 31.0 Å². The molecule has 4 rings (SSSR count). The Kier molecular flexibility index (Phi) is 5.03. The van der Waals surface area contributed by atoms with Gasteiger partial charge >= 0.3 is 0 Å². The van der Waals surface area contributed by atoms with Gasteiger partial charge in [0.05, 0.1) is 23.3 Å². The van der Waals surface area contributed by atoms with Crippen LogP contribution < -0.4 is 5.32 Å². The van der Waals surface area contributed by atoms with Gasteiger partial charge in [-0.15, -0.1) is 0 Å². The van der Waals surface area contributed by atoms with E-state index in [4.69, 9.17) is 0 Å². The standard InChI is InChI=1S/C20H21N5O3/c26-20(15-4-2-1-3-5-15)22-17-8-10-23(11-9-17)14-24-19-7-6-18(25(27)28)12-16(19)13-21-24/h1-7,12-13,17H,8-11,14H2,(H,22,26). The molecule has 1 saturated heterocycles. The van der Waals surface area contributed by atoms with Gasteiger partial charge in [0.15, 0.2) is 0 Å². The van der Waals surface area contributed by atoms with Gasteiger partial charge in [-0.25, -0.2) is 0 Å². The largest absolute Gasteiger partial charge is 0.349 e. The molecule has 1 aliphatic heterocycles. The number of nitro groups is 1. The van der Waals surface area contributed by atoms with Gasteiger partial charge in [0.25, 0.3) is 11.6 Å². The van der Waals surface area contributed by atoms with E-state index in [-0.39, 0.29) is 17.6 Å². The van der Waals surface area contributed by atoms with Crippen molar-refractivity contribution in [1.82, 2.24) is 20.0 Å². The van der Waals surface area contributed by atoms with E-state index >= 15 is 0 Å². The fourth-order valence-electron chi connectivity index (χ4n) is 3.57. The van der Waals surface area contributed by atoms with E-state index in [0.717, 1.165) is 36.8 Å². The minimum atomic E-state index is -0.398. The smallest absolute Gasteiger partial charge is 0.270 e. The highest BCUT2D eigenvalue weighted by Gasteiger charge is 2.22. The molecule has 0 saturated carbocycles. The number of carbonyl (C=O) groups is 1. The third-order valence-electron chi connectivity index (χ3n) is 5.13. The van der Waals surface area contributed by atoms with Crippen molar-refractivity contribution in [2.45, 2.75) is 25.6 Å². The van der Waals surface area contributed by atoms with Crippen molar-refractivity contribution >= 4 is 22.5 Å². The molecule has 1 aliphatic rings. The normalized spacial score (nSPS) is 15.6. The highest BCUT2D eigenvalue weighted by atomic mass is 16.6. The van der Waals surface area contributed by atoms with Crippen LogP contribution in [-0.2, 0) is 6.67 Å². The zero-order valence-electron chi connectivity index (χ0n) is 15.3. The number of carbonyl (C=O) groups excluding carboxylic acids is 1. The Morgan fingerprint density at radius 2 is 1.93 bits per heavy atom. The molecule has 2 aromatic carbocycles. The van der Waals surface area contributed by atoms with Crippen molar-refractivity contribution in [2.24, 2.45) is 0 Å². The number of benzene rings is 2. The summed E-state index contributed by atoms with van der Waals surface area (Å²) >= 11 is 0. The van der Waals surface area contributed by atoms with E-state index in [2.05, 4.69) is 15.3 Å². The second-order valence-corrected chi connectivity index (χ2v) is 7.02. The number of nitrogens with zero attached hydrogens (tertiary/aromatic N) is 4. The summed E-state index contributed by atoms with van der Waals surface area (Å²) in [6, 6.07) is 14.2. The molecular formula is C20H21N5O3. The molecule has 0 radical (unpaired) electrons. The molecular weight excluding hydrogens is 358 g/mol. The van der Waals surface area contributed by atoms with Crippen LogP contribution in [0.4, 0.5) is 5.69 Å². The first-order valence-corrected chi connectivity index (χ1v) is 9.28. The molecule has 28 heavy (non-hydrogen) atoms. The van der Waals surface area contributed by atoms with Crippen molar-refractivity contribution in [1.29, 1.82) is 0 Å². The summed E-state index contributed by atoms with van der Waals surface area (Å²) < 4.78 is 1.86. The molecule has 0 atom stereocenters. The number of fused-ring (bicyclic) bond motifs is 1. The van der Waals surface area contributed by atoms with Gasteiger partial charge in [-0.2, -0.15) is 5.10 Å². The monoisotopic (exact) mass is 379 g/mol. The lowest BCUT2D eigenvalue weighted by Crippen LogP contribution is -2.45. The molecule has 1 aromatic heterocycles. The summed E-state index contributed by atoms with van der Waals surface area (Å²) in [5.41, 5.74) is 1.63. The third kappa shape index (κ3) is 3.86. The lowest BCUT2D eigenvalue weighted by Gasteiger charge is -2.32. The van der Waals surface area contributed by atoms with Crippen molar-refractivity contribution in [3.05, 3.63) is 70.4 Å². The number of amides is 1. The van der Waals surface area contributed by atoms with E-state index in [1.165, 1.54) is 6.07 Å². The van der Waals surface area contributed by atoms with E-state index < -0.39 is 4.92 Å². The zero-order chi connectivity index (χ0) is 19.5. The number of aromatic nitrogens is 2. The Morgan fingerprint density at radius 1 is 1.18 bits per heavy atom. The molecule has 1 fully saturated rings. The Balaban J connectivity index is 1.34. The third-order valence-corrected chi connectivity index (χ3v) is 5.13. The first kappa shape index (κ1) is 18.1. The predicted molar refractivity (Wildman–Crippen MR) is 105 cm³/mol. The van der Waals surface area contributed by atoms with E-state index in [9.17, 15) is 14.9 Å². The van der Waals surface area contributed by atoms with Crippen LogP contribution in [0.3, 0.4) is 0 Å². The van der Waals surface area contributed by atoms with Crippen molar-refractivity contribution in [3.8, 4) is 0 Å². The second kappa shape index (κ2) is 7.77. The van der Waals surface area contributed by atoms with Crippen LogP contribution in [0.5, 0.6) is 0 Å². The second-order valence-electron chi connectivity index (χ2n) is 7.02. The SMILES string of the molecule is O=C(NC1CCN(Cn2ncc3cc([N+](=O)[O-])ccc32)CC1)c1ccccc1. The molecule has 0 aliphatic carbocycles. The molecule has 2 heterocycles. The van der Waals surface area contributed by atoms with Gasteiger partial charge in [0.2, 0.25) is 0 Å². The lowest BCUT2D eigenvalue weighted by molar-refractivity contribution is -0.384. The number of nitrogens with one attached hydrogen (secondary N) is 1. The zero-order valence-corrected chi connectivity index (χ0v) is 15.3. The van der Waals surface area contributed by atoms with Gasteiger partial charge in [-0.3, -0.25) is 24.5 Å². The van der Waals surface area contributed by atoms with Crippen molar-refractivity contribution in [3.63, 3.8) is 0 Å². The van der Waals surface area contributed by atoms with Gasteiger partial charge in [0.1, 0.15) is 0 Å². The maximum absolute atomic E-state index is 12.3. The minimum Gasteiger partial charge on any atom is -0.349 e. The predicted octanol–water partition coefficient (Wildman–Crippen LogP) is 2.80. The Morgan fingerprint density at radius 3 is 2.64 bits per heavy atom.